The van der Waals surface area contributed by atoms with Gasteiger partial charge in [-0.2, -0.15) is 0 Å². The summed E-state index contributed by atoms with van der Waals surface area (Å²) in [6.45, 7) is -0.198. The third-order valence-corrected chi connectivity index (χ3v) is 4.09. The molecule has 0 aromatic rings. The van der Waals surface area contributed by atoms with E-state index >= 15 is 0 Å². The van der Waals surface area contributed by atoms with Crippen molar-refractivity contribution in [1.29, 1.82) is 0 Å². The molecule has 0 aliphatic carbocycles. The Kier molecular flexibility index (Phi) is 2.26. The first kappa shape index (κ1) is 12.9. The van der Waals surface area contributed by atoms with Crippen molar-refractivity contribution in [3.05, 3.63) is 0 Å². The lowest BCUT2D eigenvalue weighted by molar-refractivity contribution is -0.672. The zero-order valence-corrected chi connectivity index (χ0v) is 10.2. The SMILES string of the molecule is NC1=[NH+][C@H]2C(C(=O)O)NC(N)=[N+]3C[C@H](O)C(O)(O)[C@]23N1. The van der Waals surface area contributed by atoms with Gasteiger partial charge in [0.15, 0.2) is 6.04 Å². The fraction of sp³-hybridized carbons (Fsp3) is 0.667. The number of carboxylic acids is 1. The van der Waals surface area contributed by atoms with E-state index in [0.29, 0.717) is 0 Å². The van der Waals surface area contributed by atoms with Crippen LogP contribution >= 0.6 is 0 Å². The van der Waals surface area contributed by atoms with Crippen LogP contribution < -0.4 is 27.1 Å². The minimum absolute atomic E-state index is 0.0377. The molecule has 0 saturated carbocycles. The van der Waals surface area contributed by atoms with Gasteiger partial charge in [0.05, 0.1) is 0 Å². The number of carboxylic acid groups (broad SMARTS) is 1. The standard InChI is InChI=1S/C9H14N6O5/c10-6-13-4-3(5(17)18)12-7(11)15-1-2(16)9(19,20)8(4,15)14-6/h2-4,16,19-20H,1H2,(H6,10,11,12,13,14,17,18)/p+2/t2-,3?,4-,8-/m0/s1. The largest absolute Gasteiger partial charge is 0.479 e. The van der Waals surface area contributed by atoms with E-state index in [9.17, 15) is 25.2 Å². The molecule has 20 heavy (non-hydrogen) atoms. The van der Waals surface area contributed by atoms with Gasteiger partial charge in [-0.15, -0.1) is 0 Å². The Morgan fingerprint density at radius 3 is 2.70 bits per heavy atom. The summed E-state index contributed by atoms with van der Waals surface area (Å²) in [5.41, 5.74) is 9.59. The number of carbonyl (C=O) groups is 1. The van der Waals surface area contributed by atoms with Crippen molar-refractivity contribution in [3.63, 3.8) is 0 Å². The van der Waals surface area contributed by atoms with Gasteiger partial charge in [-0.1, -0.05) is 0 Å². The highest BCUT2D eigenvalue weighted by atomic mass is 16.5. The van der Waals surface area contributed by atoms with Crippen molar-refractivity contribution in [3.8, 4) is 0 Å². The van der Waals surface area contributed by atoms with Crippen LogP contribution in [0.5, 0.6) is 0 Å². The number of nitrogens with one attached hydrogen (secondary N) is 3. The molecule has 3 aliphatic heterocycles. The van der Waals surface area contributed by atoms with Gasteiger partial charge in [-0.3, -0.25) is 21.8 Å². The monoisotopic (exact) mass is 288 g/mol. The molecular weight excluding hydrogens is 272 g/mol. The highest BCUT2D eigenvalue weighted by Crippen LogP contribution is 2.37. The summed E-state index contributed by atoms with van der Waals surface area (Å²) in [5, 5.41) is 44.8. The van der Waals surface area contributed by atoms with Crippen LogP contribution in [-0.4, -0.2) is 79.1 Å². The second-order valence-corrected chi connectivity index (χ2v) is 5.13. The maximum atomic E-state index is 11.3. The zero-order valence-electron chi connectivity index (χ0n) is 10.2. The van der Waals surface area contributed by atoms with E-state index in [0.717, 1.165) is 0 Å². The van der Waals surface area contributed by atoms with Crippen LogP contribution in [0.3, 0.4) is 0 Å². The van der Waals surface area contributed by atoms with E-state index in [2.05, 4.69) is 15.6 Å². The predicted octanol–water partition coefficient (Wildman–Crippen LogP) is -7.51. The van der Waals surface area contributed by atoms with Crippen LogP contribution in [0.2, 0.25) is 0 Å². The molecule has 0 amide bonds. The molecule has 4 atom stereocenters. The van der Waals surface area contributed by atoms with Crippen molar-refractivity contribution >= 4 is 17.9 Å². The maximum Gasteiger partial charge on any atom is 0.347 e. The summed E-state index contributed by atoms with van der Waals surface area (Å²) in [5.74, 6) is -4.03. The first-order chi connectivity index (χ1) is 9.21. The summed E-state index contributed by atoms with van der Waals surface area (Å²) in [6, 6.07) is -2.32. The maximum absolute atomic E-state index is 11.3. The van der Waals surface area contributed by atoms with Crippen LogP contribution in [0, 0.1) is 0 Å². The number of aliphatic carboxylic acids is 1. The van der Waals surface area contributed by atoms with E-state index in [1.807, 2.05) is 0 Å². The summed E-state index contributed by atoms with van der Waals surface area (Å²) in [4.78, 5) is 14.0. The van der Waals surface area contributed by atoms with Gasteiger partial charge >= 0.3 is 17.9 Å². The molecule has 1 spiro atoms. The topological polar surface area (TPSA) is 191 Å². The average Bonchev–Trinajstić information content (AvgIpc) is 2.78. The molecule has 0 aromatic heterocycles. The van der Waals surface area contributed by atoms with Gasteiger partial charge < -0.3 is 20.4 Å². The molecule has 1 unspecified atom stereocenters. The van der Waals surface area contributed by atoms with E-state index in [1.165, 1.54) is 4.58 Å². The number of rotatable bonds is 1. The molecule has 3 heterocycles. The summed E-state index contributed by atoms with van der Waals surface area (Å²) in [6.07, 6.45) is -1.56. The molecule has 0 radical (unpaired) electrons. The molecule has 3 aliphatic rings. The van der Waals surface area contributed by atoms with Crippen molar-refractivity contribution in [2.75, 3.05) is 6.54 Å². The van der Waals surface area contributed by atoms with Gasteiger partial charge in [0.1, 0.15) is 12.6 Å². The lowest BCUT2D eigenvalue weighted by atomic mass is 9.86. The van der Waals surface area contributed by atoms with E-state index < -0.39 is 35.6 Å². The number of aliphatic hydroxyl groups is 3. The van der Waals surface area contributed by atoms with Gasteiger partial charge in [0.2, 0.25) is 6.04 Å². The molecule has 11 heteroatoms. The Labute approximate surface area is 112 Å². The van der Waals surface area contributed by atoms with Crippen LogP contribution in [0.15, 0.2) is 0 Å². The van der Waals surface area contributed by atoms with E-state index in [-0.39, 0.29) is 18.5 Å². The molecule has 0 bridgehead atoms. The second kappa shape index (κ2) is 3.50. The summed E-state index contributed by atoms with van der Waals surface area (Å²) in [7, 11) is 0. The third-order valence-electron chi connectivity index (χ3n) is 4.09. The Hall–Kier alpha value is -2.11. The number of aliphatic hydroxyl groups excluding tert-OH is 1. The Morgan fingerprint density at radius 1 is 1.45 bits per heavy atom. The first-order valence-electron chi connectivity index (χ1n) is 5.91. The van der Waals surface area contributed by atoms with Crippen LogP contribution in [0.1, 0.15) is 0 Å². The predicted molar refractivity (Wildman–Crippen MR) is 61.9 cm³/mol. The quantitative estimate of drug-likeness (QED) is 0.166. The Morgan fingerprint density at radius 2 is 2.10 bits per heavy atom. The lowest BCUT2D eigenvalue weighted by Crippen LogP contribution is -2.92. The number of hydrogen-bond acceptors (Lipinski definition) is 8. The van der Waals surface area contributed by atoms with Gasteiger partial charge in [0, 0.05) is 0 Å². The normalized spacial score (nSPS) is 41.4. The van der Waals surface area contributed by atoms with Crippen molar-refractivity contribution < 1.29 is 34.8 Å². The molecule has 110 valence electrons. The lowest BCUT2D eigenvalue weighted by Gasteiger charge is -2.39. The number of guanidine groups is 2. The second-order valence-electron chi connectivity index (χ2n) is 5.13. The molecule has 1 fully saturated rings. The Bertz CT molecular complexity index is 559. The molecule has 3 rings (SSSR count). The van der Waals surface area contributed by atoms with Crippen molar-refractivity contribution in [2.45, 2.75) is 29.6 Å². The number of nitrogens with zero attached hydrogens (tertiary/aromatic N) is 1. The molecule has 11 N–H and O–H groups in total. The minimum Gasteiger partial charge on any atom is -0.479 e. The number of nitrogens with two attached hydrogens (primary N) is 2. The van der Waals surface area contributed by atoms with Gasteiger partial charge in [0.25, 0.3) is 11.4 Å². The third kappa shape index (κ3) is 1.21. The fourth-order valence-electron chi connectivity index (χ4n) is 3.18. The molecule has 1 saturated heterocycles. The number of hydrogen-bond donors (Lipinski definition) is 9. The summed E-state index contributed by atoms with van der Waals surface area (Å²) < 4.78 is 1.26. The zero-order chi connectivity index (χ0) is 14.9. The van der Waals surface area contributed by atoms with Gasteiger partial charge in [-0.25, -0.2) is 14.7 Å². The van der Waals surface area contributed by atoms with Crippen LogP contribution in [-0.2, 0) is 4.79 Å². The molecule has 0 aromatic carbocycles. The Balaban J connectivity index is 2.23. The average molecular weight is 288 g/mol. The molecule has 11 nitrogen and oxygen atoms in total. The highest BCUT2D eigenvalue weighted by molar-refractivity contribution is 5.85. The van der Waals surface area contributed by atoms with Crippen LogP contribution in [0.25, 0.3) is 0 Å². The van der Waals surface area contributed by atoms with E-state index in [1.54, 1.807) is 0 Å². The smallest absolute Gasteiger partial charge is 0.347 e. The summed E-state index contributed by atoms with van der Waals surface area (Å²) >= 11 is 0. The van der Waals surface area contributed by atoms with Crippen molar-refractivity contribution in [2.24, 2.45) is 11.5 Å². The fourth-order valence-corrected chi connectivity index (χ4v) is 3.18. The minimum atomic E-state index is -2.65. The van der Waals surface area contributed by atoms with Crippen LogP contribution in [0.4, 0.5) is 0 Å². The first-order valence-corrected chi connectivity index (χ1v) is 5.91. The van der Waals surface area contributed by atoms with E-state index in [4.69, 9.17) is 11.5 Å². The van der Waals surface area contributed by atoms with Gasteiger partial charge in [-0.05, 0) is 0 Å². The van der Waals surface area contributed by atoms with Crippen molar-refractivity contribution in [1.82, 2.24) is 10.6 Å². The molecular formula is C9H16N6O5+2. The highest BCUT2D eigenvalue weighted by Gasteiger charge is 2.78.